The highest BCUT2D eigenvalue weighted by Gasteiger charge is 2.16. The molecule has 0 aliphatic carbocycles. The molecule has 7 nitrogen and oxygen atoms in total. The lowest BCUT2D eigenvalue weighted by atomic mass is 10.1. The van der Waals surface area contributed by atoms with Crippen molar-refractivity contribution < 1.29 is 28.6 Å². The molecule has 0 unspecified atom stereocenters. The summed E-state index contributed by atoms with van der Waals surface area (Å²) in [4.78, 5) is 35.7. The Bertz CT molecular complexity index is 818. The van der Waals surface area contributed by atoms with Crippen LogP contribution in [0, 0.1) is 0 Å². The summed E-state index contributed by atoms with van der Waals surface area (Å²) in [7, 11) is 0. The predicted molar refractivity (Wildman–Crippen MR) is 91.5 cm³/mol. The number of fused-ring (bicyclic) bond motifs is 1. The van der Waals surface area contributed by atoms with Crippen LogP contribution in [0.25, 0.3) is 0 Å². The molecule has 3 rings (SSSR count). The average Bonchev–Trinajstić information content (AvgIpc) is 2.70. The molecule has 1 aliphatic rings. The van der Waals surface area contributed by atoms with Gasteiger partial charge in [0.25, 0.3) is 5.91 Å². The minimum Gasteiger partial charge on any atom is -0.486 e. The van der Waals surface area contributed by atoms with Crippen LogP contribution in [0.4, 0.5) is 0 Å². The standard InChI is InChI=1S/C19H17NO6/c21-15(14-6-7-16-17(10-14)25-9-8-24-16)12-26-18(22)11-20-19(23)13-4-2-1-3-5-13/h1-7,10H,8-9,11-12H2,(H,20,23). The average molecular weight is 355 g/mol. The third-order valence-corrected chi connectivity index (χ3v) is 3.66. The molecule has 0 atom stereocenters. The lowest BCUT2D eigenvalue weighted by molar-refractivity contribution is -0.141. The van der Waals surface area contributed by atoms with E-state index in [9.17, 15) is 14.4 Å². The van der Waals surface area contributed by atoms with Crippen molar-refractivity contribution in [1.29, 1.82) is 0 Å². The van der Waals surface area contributed by atoms with E-state index in [1.54, 1.807) is 48.5 Å². The number of nitrogens with one attached hydrogen (secondary N) is 1. The number of amides is 1. The smallest absolute Gasteiger partial charge is 0.325 e. The van der Waals surface area contributed by atoms with Gasteiger partial charge in [0.1, 0.15) is 19.8 Å². The monoisotopic (exact) mass is 355 g/mol. The molecule has 134 valence electrons. The summed E-state index contributed by atoms with van der Waals surface area (Å²) in [6.07, 6.45) is 0. The summed E-state index contributed by atoms with van der Waals surface area (Å²) in [5, 5.41) is 2.44. The van der Waals surface area contributed by atoms with E-state index in [1.807, 2.05) is 0 Å². The fourth-order valence-electron chi connectivity index (χ4n) is 2.34. The van der Waals surface area contributed by atoms with E-state index in [2.05, 4.69) is 5.32 Å². The number of hydrogen-bond acceptors (Lipinski definition) is 6. The zero-order valence-corrected chi connectivity index (χ0v) is 13.9. The zero-order chi connectivity index (χ0) is 18.4. The topological polar surface area (TPSA) is 90.9 Å². The SMILES string of the molecule is O=C(CNC(=O)c1ccccc1)OCC(=O)c1ccc2c(c1)OCCO2. The number of Topliss-reactive ketones (excluding diaryl/α,β-unsaturated/α-hetero) is 1. The number of ketones is 1. The molecule has 2 aromatic carbocycles. The van der Waals surface area contributed by atoms with Gasteiger partial charge in [0, 0.05) is 11.1 Å². The van der Waals surface area contributed by atoms with E-state index in [0.29, 0.717) is 35.8 Å². The predicted octanol–water partition coefficient (Wildman–Crippen LogP) is 1.61. The first kappa shape index (κ1) is 17.5. The number of benzene rings is 2. The molecule has 0 radical (unpaired) electrons. The molecular formula is C19H17NO6. The van der Waals surface area contributed by atoms with Gasteiger partial charge in [-0.2, -0.15) is 0 Å². The van der Waals surface area contributed by atoms with Crippen LogP contribution in [0.15, 0.2) is 48.5 Å². The second kappa shape index (κ2) is 8.15. The maximum absolute atomic E-state index is 12.1. The Hall–Kier alpha value is -3.35. The Labute approximate surface area is 149 Å². The van der Waals surface area contributed by atoms with Crippen molar-refractivity contribution in [3.63, 3.8) is 0 Å². The van der Waals surface area contributed by atoms with E-state index < -0.39 is 12.6 Å². The number of esters is 1. The van der Waals surface area contributed by atoms with Crippen LogP contribution in [0.2, 0.25) is 0 Å². The second-order valence-electron chi connectivity index (χ2n) is 5.49. The van der Waals surface area contributed by atoms with E-state index >= 15 is 0 Å². The zero-order valence-electron chi connectivity index (χ0n) is 13.9. The molecule has 0 spiro atoms. The van der Waals surface area contributed by atoms with Gasteiger partial charge in [-0.25, -0.2) is 0 Å². The summed E-state index contributed by atoms with van der Waals surface area (Å²) in [5.74, 6) is -0.387. The highest BCUT2D eigenvalue weighted by molar-refractivity contribution is 5.99. The van der Waals surface area contributed by atoms with E-state index in [0.717, 1.165) is 0 Å². The fourth-order valence-corrected chi connectivity index (χ4v) is 2.34. The van der Waals surface area contributed by atoms with Crippen LogP contribution in [-0.2, 0) is 9.53 Å². The van der Waals surface area contributed by atoms with Gasteiger partial charge in [0.05, 0.1) is 0 Å². The molecule has 1 N–H and O–H groups in total. The second-order valence-corrected chi connectivity index (χ2v) is 5.49. The molecule has 0 saturated heterocycles. The molecule has 26 heavy (non-hydrogen) atoms. The van der Waals surface area contributed by atoms with Gasteiger partial charge in [-0.05, 0) is 30.3 Å². The summed E-state index contributed by atoms with van der Waals surface area (Å²) >= 11 is 0. The quantitative estimate of drug-likeness (QED) is 0.625. The maximum atomic E-state index is 12.1. The number of ether oxygens (including phenoxy) is 3. The molecule has 0 aromatic heterocycles. The molecule has 2 aromatic rings. The summed E-state index contributed by atoms with van der Waals surface area (Å²) < 4.78 is 15.7. The van der Waals surface area contributed by atoms with Gasteiger partial charge in [-0.1, -0.05) is 18.2 Å². The molecule has 1 aliphatic heterocycles. The lowest BCUT2D eigenvalue weighted by Gasteiger charge is -2.18. The van der Waals surface area contributed by atoms with Gasteiger partial charge in [-0.15, -0.1) is 0 Å². The van der Waals surface area contributed by atoms with Crippen molar-refractivity contribution in [3.8, 4) is 11.5 Å². The van der Waals surface area contributed by atoms with Crippen molar-refractivity contribution >= 4 is 17.7 Å². The summed E-state index contributed by atoms with van der Waals surface area (Å²) in [5.41, 5.74) is 0.794. The Kier molecular flexibility index (Phi) is 5.48. The minimum absolute atomic E-state index is 0.317. The number of carbonyl (C=O) groups excluding carboxylic acids is 3. The lowest BCUT2D eigenvalue weighted by Crippen LogP contribution is -2.31. The van der Waals surface area contributed by atoms with E-state index in [4.69, 9.17) is 14.2 Å². The molecular weight excluding hydrogens is 338 g/mol. The van der Waals surface area contributed by atoms with Crippen molar-refractivity contribution in [2.24, 2.45) is 0 Å². The first-order valence-electron chi connectivity index (χ1n) is 8.05. The van der Waals surface area contributed by atoms with Crippen LogP contribution in [0.1, 0.15) is 20.7 Å². The molecule has 1 amide bonds. The first-order valence-corrected chi connectivity index (χ1v) is 8.05. The Morgan fingerprint density at radius 3 is 2.42 bits per heavy atom. The normalized spacial score (nSPS) is 12.2. The molecule has 0 saturated carbocycles. The van der Waals surface area contributed by atoms with Crippen LogP contribution in [0.3, 0.4) is 0 Å². The van der Waals surface area contributed by atoms with Crippen LogP contribution >= 0.6 is 0 Å². The van der Waals surface area contributed by atoms with E-state index in [1.165, 1.54) is 0 Å². The van der Waals surface area contributed by atoms with Gasteiger partial charge >= 0.3 is 5.97 Å². The third kappa shape index (κ3) is 4.38. The van der Waals surface area contributed by atoms with Gasteiger partial charge in [0.2, 0.25) is 0 Å². The van der Waals surface area contributed by atoms with Gasteiger partial charge in [0.15, 0.2) is 23.9 Å². The first-order chi connectivity index (χ1) is 12.6. The highest BCUT2D eigenvalue weighted by Crippen LogP contribution is 2.30. The maximum Gasteiger partial charge on any atom is 0.325 e. The Balaban J connectivity index is 1.47. The van der Waals surface area contributed by atoms with Crippen molar-refractivity contribution in [3.05, 3.63) is 59.7 Å². The largest absolute Gasteiger partial charge is 0.486 e. The highest BCUT2D eigenvalue weighted by atomic mass is 16.6. The molecule has 0 fully saturated rings. The number of carbonyl (C=O) groups is 3. The van der Waals surface area contributed by atoms with Gasteiger partial charge < -0.3 is 19.5 Å². The Morgan fingerprint density at radius 2 is 1.65 bits per heavy atom. The Morgan fingerprint density at radius 1 is 0.923 bits per heavy atom. The molecule has 0 bridgehead atoms. The summed E-state index contributed by atoms with van der Waals surface area (Å²) in [6, 6.07) is 13.3. The fraction of sp³-hybridized carbons (Fsp3) is 0.211. The number of rotatable bonds is 6. The number of hydrogen-bond donors (Lipinski definition) is 1. The third-order valence-electron chi connectivity index (χ3n) is 3.66. The van der Waals surface area contributed by atoms with Crippen molar-refractivity contribution in [1.82, 2.24) is 5.32 Å². The van der Waals surface area contributed by atoms with Crippen LogP contribution in [-0.4, -0.2) is 44.0 Å². The van der Waals surface area contributed by atoms with Crippen molar-refractivity contribution in [2.45, 2.75) is 0 Å². The van der Waals surface area contributed by atoms with E-state index in [-0.39, 0.29) is 18.2 Å². The minimum atomic E-state index is -0.694. The van der Waals surface area contributed by atoms with Gasteiger partial charge in [-0.3, -0.25) is 14.4 Å². The molecule has 7 heteroatoms. The van der Waals surface area contributed by atoms with Crippen molar-refractivity contribution in [2.75, 3.05) is 26.4 Å². The summed E-state index contributed by atoms with van der Waals surface area (Å²) in [6.45, 7) is 0.148. The molecule has 1 heterocycles. The van der Waals surface area contributed by atoms with Crippen LogP contribution in [0.5, 0.6) is 11.5 Å². The van der Waals surface area contributed by atoms with Crippen LogP contribution < -0.4 is 14.8 Å².